The van der Waals surface area contributed by atoms with Gasteiger partial charge in [-0.05, 0) is 25.3 Å². The maximum absolute atomic E-state index is 12.3. The van der Waals surface area contributed by atoms with Crippen molar-refractivity contribution in [2.75, 3.05) is 13.1 Å². The lowest BCUT2D eigenvalue weighted by Gasteiger charge is -2.32. The van der Waals surface area contributed by atoms with Crippen LogP contribution in [0.4, 0.5) is 0 Å². The number of benzene rings is 1. The van der Waals surface area contributed by atoms with Crippen molar-refractivity contribution in [2.45, 2.75) is 31.8 Å². The summed E-state index contributed by atoms with van der Waals surface area (Å²) in [5.74, 6) is -0.00329. The van der Waals surface area contributed by atoms with E-state index < -0.39 is 0 Å². The highest BCUT2D eigenvalue weighted by molar-refractivity contribution is 5.83. The maximum Gasteiger partial charge on any atom is 0.229 e. The molecular formula is C14H19NO2. The highest BCUT2D eigenvalue weighted by Gasteiger charge is 2.26. The number of amides is 1. The van der Waals surface area contributed by atoms with E-state index in [-0.39, 0.29) is 17.9 Å². The third-order valence-corrected chi connectivity index (χ3v) is 3.38. The van der Waals surface area contributed by atoms with Crippen LogP contribution >= 0.6 is 0 Å². The number of β-amino-alcohol motifs (C(OH)–C–C–N with tert-alkyl or cyclic N) is 1. The van der Waals surface area contributed by atoms with Gasteiger partial charge in [-0.25, -0.2) is 0 Å². The Morgan fingerprint density at radius 3 is 2.76 bits per heavy atom. The molecular weight excluding hydrogens is 214 g/mol. The zero-order valence-corrected chi connectivity index (χ0v) is 10.2. The third kappa shape index (κ3) is 2.86. The molecule has 1 aromatic rings. The van der Waals surface area contributed by atoms with E-state index in [2.05, 4.69) is 0 Å². The Morgan fingerprint density at radius 1 is 1.41 bits per heavy atom. The molecule has 3 heteroatoms. The lowest BCUT2D eigenvalue weighted by atomic mass is 9.98. The van der Waals surface area contributed by atoms with Crippen LogP contribution in [-0.2, 0) is 4.79 Å². The quantitative estimate of drug-likeness (QED) is 0.845. The summed E-state index contributed by atoms with van der Waals surface area (Å²) in [7, 11) is 0. The molecule has 1 amide bonds. The number of hydrogen-bond acceptors (Lipinski definition) is 2. The number of hydrogen-bond donors (Lipinski definition) is 1. The molecule has 1 saturated heterocycles. The van der Waals surface area contributed by atoms with Crippen LogP contribution < -0.4 is 0 Å². The van der Waals surface area contributed by atoms with Crippen molar-refractivity contribution < 1.29 is 9.90 Å². The second-order valence-electron chi connectivity index (χ2n) is 4.71. The molecule has 0 radical (unpaired) electrons. The lowest BCUT2D eigenvalue weighted by molar-refractivity contribution is -0.135. The Balaban J connectivity index is 2.04. The average molecular weight is 233 g/mol. The van der Waals surface area contributed by atoms with Gasteiger partial charge in [0.15, 0.2) is 0 Å². The number of carbonyl (C=O) groups is 1. The first-order chi connectivity index (χ1) is 8.18. The van der Waals surface area contributed by atoms with E-state index in [0.29, 0.717) is 6.54 Å². The van der Waals surface area contributed by atoms with Crippen LogP contribution in [0.25, 0.3) is 0 Å². The molecule has 2 atom stereocenters. The van der Waals surface area contributed by atoms with Crippen molar-refractivity contribution in [3.63, 3.8) is 0 Å². The molecule has 0 aromatic heterocycles. The van der Waals surface area contributed by atoms with Gasteiger partial charge in [-0.2, -0.15) is 0 Å². The summed E-state index contributed by atoms with van der Waals surface area (Å²) in [5.41, 5.74) is 1.04. The summed E-state index contributed by atoms with van der Waals surface area (Å²) in [6.45, 7) is 3.18. The molecule has 0 saturated carbocycles. The van der Waals surface area contributed by atoms with E-state index in [1.54, 1.807) is 4.90 Å². The van der Waals surface area contributed by atoms with Crippen molar-refractivity contribution in [1.82, 2.24) is 4.90 Å². The molecule has 0 spiro atoms. The molecule has 1 N–H and O–H groups in total. The first-order valence-electron chi connectivity index (χ1n) is 6.20. The first kappa shape index (κ1) is 12.1. The number of nitrogens with zero attached hydrogens (tertiary/aromatic N) is 1. The maximum atomic E-state index is 12.3. The standard InChI is InChI=1S/C14H19NO2/c1-11(12-6-3-2-4-7-12)14(17)15-9-5-8-13(16)10-15/h2-4,6-7,11,13,16H,5,8-10H2,1H3/t11-,13+/m0/s1. The highest BCUT2D eigenvalue weighted by atomic mass is 16.3. The molecule has 0 aliphatic carbocycles. The predicted molar refractivity (Wildman–Crippen MR) is 66.7 cm³/mol. The molecule has 2 rings (SSSR count). The van der Waals surface area contributed by atoms with Gasteiger partial charge in [0.2, 0.25) is 5.91 Å². The smallest absolute Gasteiger partial charge is 0.229 e. The fraction of sp³-hybridized carbons (Fsp3) is 0.500. The Labute approximate surface area is 102 Å². The molecule has 3 nitrogen and oxygen atoms in total. The summed E-state index contributed by atoms with van der Waals surface area (Å²) >= 11 is 0. The number of rotatable bonds is 2. The molecule has 0 unspecified atom stereocenters. The SMILES string of the molecule is C[C@H](C(=O)N1CCC[C@@H](O)C1)c1ccccc1. The summed E-state index contributed by atoms with van der Waals surface area (Å²) < 4.78 is 0. The molecule has 1 aromatic carbocycles. The zero-order chi connectivity index (χ0) is 12.3. The van der Waals surface area contributed by atoms with Gasteiger partial charge in [0.05, 0.1) is 12.0 Å². The summed E-state index contributed by atoms with van der Waals surface area (Å²) in [4.78, 5) is 14.0. The second kappa shape index (κ2) is 5.32. The molecule has 1 fully saturated rings. The van der Waals surface area contributed by atoms with Crippen LogP contribution in [0.3, 0.4) is 0 Å². The van der Waals surface area contributed by atoms with E-state index in [1.165, 1.54) is 0 Å². The number of aliphatic hydroxyl groups excluding tert-OH is 1. The number of piperidine rings is 1. The van der Waals surface area contributed by atoms with Crippen LogP contribution in [0, 0.1) is 0 Å². The topological polar surface area (TPSA) is 40.5 Å². The van der Waals surface area contributed by atoms with Crippen molar-refractivity contribution >= 4 is 5.91 Å². The second-order valence-corrected chi connectivity index (χ2v) is 4.71. The van der Waals surface area contributed by atoms with Gasteiger partial charge in [0, 0.05) is 13.1 Å². The summed E-state index contributed by atoms with van der Waals surface area (Å²) in [6, 6.07) is 9.80. The van der Waals surface area contributed by atoms with Gasteiger partial charge in [-0.15, -0.1) is 0 Å². The first-order valence-corrected chi connectivity index (χ1v) is 6.20. The van der Waals surface area contributed by atoms with Crippen LogP contribution in [0.5, 0.6) is 0 Å². The Morgan fingerprint density at radius 2 is 2.12 bits per heavy atom. The van der Waals surface area contributed by atoms with E-state index in [4.69, 9.17) is 0 Å². The molecule has 17 heavy (non-hydrogen) atoms. The van der Waals surface area contributed by atoms with Gasteiger partial charge in [0.25, 0.3) is 0 Å². The Hall–Kier alpha value is -1.35. The normalized spacial score (nSPS) is 22.2. The van der Waals surface area contributed by atoms with Crippen LogP contribution in [0.1, 0.15) is 31.2 Å². The minimum Gasteiger partial charge on any atom is -0.391 e. The fourth-order valence-electron chi connectivity index (χ4n) is 2.31. The minimum atomic E-state index is -0.351. The van der Waals surface area contributed by atoms with Gasteiger partial charge >= 0.3 is 0 Å². The Kier molecular flexibility index (Phi) is 3.79. The van der Waals surface area contributed by atoms with E-state index in [0.717, 1.165) is 24.9 Å². The summed E-state index contributed by atoms with van der Waals surface area (Å²) in [6.07, 6.45) is 1.36. The minimum absolute atomic E-state index is 0.120. The average Bonchev–Trinajstić information content (AvgIpc) is 2.38. The summed E-state index contributed by atoms with van der Waals surface area (Å²) in [5, 5.41) is 9.59. The lowest BCUT2D eigenvalue weighted by Crippen LogP contribution is -2.43. The van der Waals surface area contributed by atoms with Crippen LogP contribution in [-0.4, -0.2) is 35.1 Å². The van der Waals surface area contributed by atoms with Crippen LogP contribution in [0.2, 0.25) is 0 Å². The highest BCUT2D eigenvalue weighted by Crippen LogP contribution is 2.20. The fourth-order valence-corrected chi connectivity index (χ4v) is 2.31. The molecule has 92 valence electrons. The molecule has 1 aliphatic rings. The zero-order valence-electron chi connectivity index (χ0n) is 10.2. The van der Waals surface area contributed by atoms with Gasteiger partial charge < -0.3 is 10.0 Å². The third-order valence-electron chi connectivity index (χ3n) is 3.38. The van der Waals surface area contributed by atoms with Crippen molar-refractivity contribution in [3.8, 4) is 0 Å². The number of likely N-dealkylation sites (tertiary alicyclic amines) is 1. The Bertz CT molecular complexity index is 377. The van der Waals surface area contributed by atoms with Crippen molar-refractivity contribution in [1.29, 1.82) is 0 Å². The van der Waals surface area contributed by atoms with Gasteiger partial charge in [-0.3, -0.25) is 4.79 Å². The monoisotopic (exact) mass is 233 g/mol. The van der Waals surface area contributed by atoms with E-state index in [1.807, 2.05) is 37.3 Å². The van der Waals surface area contributed by atoms with Crippen molar-refractivity contribution in [3.05, 3.63) is 35.9 Å². The molecule has 0 bridgehead atoms. The molecule has 1 heterocycles. The molecule has 1 aliphatic heterocycles. The largest absolute Gasteiger partial charge is 0.391 e. The van der Waals surface area contributed by atoms with Crippen molar-refractivity contribution in [2.24, 2.45) is 0 Å². The predicted octanol–water partition coefficient (Wildman–Crippen LogP) is 1.77. The van der Waals surface area contributed by atoms with Gasteiger partial charge in [0.1, 0.15) is 0 Å². The van der Waals surface area contributed by atoms with Crippen LogP contribution in [0.15, 0.2) is 30.3 Å². The van der Waals surface area contributed by atoms with E-state index in [9.17, 15) is 9.90 Å². The number of aliphatic hydroxyl groups is 1. The van der Waals surface area contributed by atoms with E-state index >= 15 is 0 Å². The van der Waals surface area contributed by atoms with Gasteiger partial charge in [-0.1, -0.05) is 30.3 Å². The number of carbonyl (C=O) groups excluding carboxylic acids is 1.